The fourth-order valence-electron chi connectivity index (χ4n) is 2.62. The van der Waals surface area contributed by atoms with Crippen molar-refractivity contribution in [2.45, 2.75) is 31.8 Å². The largest absolute Gasteiger partial charge is 0.399 e. The molecule has 1 aromatic carbocycles. The van der Waals surface area contributed by atoms with E-state index in [-0.39, 0.29) is 0 Å². The molecule has 112 valence electrons. The molecule has 21 heavy (non-hydrogen) atoms. The van der Waals surface area contributed by atoms with Gasteiger partial charge < -0.3 is 10.3 Å². The van der Waals surface area contributed by atoms with Crippen LogP contribution in [0.2, 0.25) is 0 Å². The van der Waals surface area contributed by atoms with Gasteiger partial charge in [-0.25, -0.2) is 13.4 Å². The third-order valence-corrected chi connectivity index (χ3v) is 5.94. The van der Waals surface area contributed by atoms with E-state index in [9.17, 15) is 8.42 Å². The Hall–Kier alpha value is -1.86. The van der Waals surface area contributed by atoms with E-state index in [0.29, 0.717) is 30.2 Å². The van der Waals surface area contributed by atoms with Crippen LogP contribution in [0, 0.1) is 13.8 Å². The van der Waals surface area contributed by atoms with Crippen LogP contribution in [0.1, 0.15) is 17.0 Å². The number of hydrogen-bond donors (Lipinski definition) is 1. The summed E-state index contributed by atoms with van der Waals surface area (Å²) < 4.78 is 29.2. The van der Waals surface area contributed by atoms with Gasteiger partial charge in [-0.3, -0.25) is 0 Å². The van der Waals surface area contributed by atoms with Crippen LogP contribution < -0.4 is 5.73 Å². The summed E-state index contributed by atoms with van der Waals surface area (Å²) in [4.78, 5) is 4.50. The summed E-state index contributed by atoms with van der Waals surface area (Å²) >= 11 is 0. The Morgan fingerprint density at radius 3 is 2.76 bits per heavy atom. The van der Waals surface area contributed by atoms with Crippen molar-refractivity contribution in [1.82, 2.24) is 13.9 Å². The Balaban J connectivity index is 2.03. The third-order valence-electron chi connectivity index (χ3n) is 3.97. The van der Waals surface area contributed by atoms with Gasteiger partial charge in [-0.2, -0.15) is 4.31 Å². The van der Waals surface area contributed by atoms with Gasteiger partial charge in [0.25, 0.3) is 0 Å². The van der Waals surface area contributed by atoms with Crippen molar-refractivity contribution in [3.05, 3.63) is 41.5 Å². The van der Waals surface area contributed by atoms with E-state index in [2.05, 4.69) is 4.98 Å². The monoisotopic (exact) mass is 306 g/mol. The lowest BCUT2D eigenvalue weighted by atomic mass is 10.1. The Bertz CT molecular complexity index is 795. The summed E-state index contributed by atoms with van der Waals surface area (Å²) in [6.45, 7) is 5.04. The molecule has 0 atom stereocenters. The van der Waals surface area contributed by atoms with Crippen molar-refractivity contribution in [3.8, 4) is 0 Å². The van der Waals surface area contributed by atoms with E-state index >= 15 is 0 Å². The lowest BCUT2D eigenvalue weighted by Gasteiger charge is -2.27. The second-order valence-electron chi connectivity index (χ2n) is 5.34. The molecule has 1 aliphatic heterocycles. The number of fused-ring (bicyclic) bond motifs is 1. The van der Waals surface area contributed by atoms with Crippen molar-refractivity contribution in [3.63, 3.8) is 0 Å². The molecule has 1 aromatic heterocycles. The first kappa shape index (κ1) is 14.1. The molecular formula is C14H18N4O2S. The van der Waals surface area contributed by atoms with Gasteiger partial charge in [-0.1, -0.05) is 0 Å². The summed E-state index contributed by atoms with van der Waals surface area (Å²) in [5, 5.41) is 0. The van der Waals surface area contributed by atoms with Crippen LogP contribution in [0.5, 0.6) is 0 Å². The van der Waals surface area contributed by atoms with Crippen LogP contribution >= 0.6 is 0 Å². The topological polar surface area (TPSA) is 81.2 Å². The maximum absolute atomic E-state index is 12.9. The molecule has 0 saturated heterocycles. The number of benzene rings is 1. The van der Waals surface area contributed by atoms with Crippen molar-refractivity contribution in [2.75, 3.05) is 12.3 Å². The Morgan fingerprint density at radius 2 is 2.00 bits per heavy atom. The fourth-order valence-corrected chi connectivity index (χ4v) is 4.34. The molecule has 2 heterocycles. The molecule has 1 aliphatic rings. The second-order valence-corrected chi connectivity index (χ2v) is 7.24. The Morgan fingerprint density at radius 1 is 1.24 bits per heavy atom. The molecule has 2 aromatic rings. The highest BCUT2D eigenvalue weighted by molar-refractivity contribution is 7.89. The molecule has 0 spiro atoms. The normalized spacial score (nSPS) is 15.9. The van der Waals surface area contributed by atoms with Gasteiger partial charge in [0.1, 0.15) is 5.82 Å². The molecule has 3 rings (SSSR count). The van der Waals surface area contributed by atoms with Crippen LogP contribution in [-0.2, 0) is 23.1 Å². The summed E-state index contributed by atoms with van der Waals surface area (Å²) in [6.07, 6.45) is 3.57. The first-order valence-corrected chi connectivity index (χ1v) is 8.20. The highest BCUT2D eigenvalue weighted by atomic mass is 32.2. The van der Waals surface area contributed by atoms with E-state index in [1.807, 2.05) is 24.6 Å². The van der Waals surface area contributed by atoms with Crippen molar-refractivity contribution >= 4 is 15.7 Å². The van der Waals surface area contributed by atoms with Crippen LogP contribution in [0.3, 0.4) is 0 Å². The number of nitrogen functional groups attached to an aromatic ring is 1. The SMILES string of the molecule is Cc1cc(N)cc(S(=O)(=O)N2CCn3ccnc3C2)c1C. The molecule has 2 N–H and O–H groups in total. The van der Waals surface area contributed by atoms with Gasteiger partial charge in [-0.05, 0) is 37.1 Å². The number of sulfonamides is 1. The molecule has 0 saturated carbocycles. The number of nitrogens with two attached hydrogens (primary N) is 1. The van der Waals surface area contributed by atoms with Gasteiger partial charge in [0.2, 0.25) is 10.0 Å². The minimum Gasteiger partial charge on any atom is -0.399 e. The number of aryl methyl sites for hydroxylation is 1. The van der Waals surface area contributed by atoms with Gasteiger partial charge in [-0.15, -0.1) is 0 Å². The molecule has 7 heteroatoms. The summed E-state index contributed by atoms with van der Waals surface area (Å²) in [5.74, 6) is 0.767. The molecule has 0 amide bonds. The summed E-state index contributed by atoms with van der Waals surface area (Å²) in [5.41, 5.74) is 7.91. The van der Waals surface area contributed by atoms with Crippen molar-refractivity contribution in [2.24, 2.45) is 0 Å². The number of anilines is 1. The molecule has 0 unspecified atom stereocenters. The van der Waals surface area contributed by atoms with Crippen LogP contribution in [0.15, 0.2) is 29.4 Å². The van der Waals surface area contributed by atoms with E-state index in [0.717, 1.165) is 17.0 Å². The molecule has 0 aliphatic carbocycles. The van der Waals surface area contributed by atoms with E-state index < -0.39 is 10.0 Å². The van der Waals surface area contributed by atoms with Crippen LogP contribution in [-0.4, -0.2) is 28.8 Å². The Kier molecular flexibility index (Phi) is 3.26. The highest BCUT2D eigenvalue weighted by Gasteiger charge is 2.30. The highest BCUT2D eigenvalue weighted by Crippen LogP contribution is 2.27. The molecule has 6 nitrogen and oxygen atoms in total. The van der Waals surface area contributed by atoms with Gasteiger partial charge in [0.05, 0.1) is 11.4 Å². The fraction of sp³-hybridized carbons (Fsp3) is 0.357. The molecule has 0 bridgehead atoms. The van der Waals surface area contributed by atoms with Gasteiger partial charge in [0, 0.05) is 31.2 Å². The average molecular weight is 306 g/mol. The number of imidazole rings is 1. The smallest absolute Gasteiger partial charge is 0.243 e. The molecular weight excluding hydrogens is 288 g/mol. The maximum atomic E-state index is 12.9. The number of nitrogens with zero attached hydrogens (tertiary/aromatic N) is 3. The zero-order valence-electron chi connectivity index (χ0n) is 12.1. The van der Waals surface area contributed by atoms with E-state index in [4.69, 9.17) is 5.73 Å². The van der Waals surface area contributed by atoms with Crippen molar-refractivity contribution < 1.29 is 8.42 Å². The minimum atomic E-state index is -3.56. The van der Waals surface area contributed by atoms with Crippen LogP contribution in [0.4, 0.5) is 5.69 Å². The summed E-state index contributed by atoms with van der Waals surface area (Å²) in [6, 6.07) is 3.33. The second kappa shape index (κ2) is 4.85. The third kappa shape index (κ3) is 2.32. The van der Waals surface area contributed by atoms with Crippen molar-refractivity contribution in [1.29, 1.82) is 0 Å². The lowest BCUT2D eigenvalue weighted by molar-refractivity contribution is 0.335. The van der Waals surface area contributed by atoms with Gasteiger partial charge >= 0.3 is 0 Å². The number of aromatic nitrogens is 2. The zero-order chi connectivity index (χ0) is 15.2. The first-order valence-electron chi connectivity index (χ1n) is 6.76. The lowest BCUT2D eigenvalue weighted by Crippen LogP contribution is -2.38. The number of rotatable bonds is 2. The zero-order valence-corrected chi connectivity index (χ0v) is 12.9. The standard InChI is InChI=1S/C14H18N4O2S/c1-10-7-12(15)8-13(11(10)2)21(19,20)18-6-5-17-4-3-16-14(17)9-18/h3-4,7-8H,5-6,9,15H2,1-2H3. The molecule has 0 radical (unpaired) electrons. The first-order chi connectivity index (χ1) is 9.89. The molecule has 0 fully saturated rings. The van der Waals surface area contributed by atoms with E-state index in [1.54, 1.807) is 18.3 Å². The minimum absolute atomic E-state index is 0.292. The summed E-state index contributed by atoms with van der Waals surface area (Å²) in [7, 11) is -3.56. The predicted molar refractivity (Wildman–Crippen MR) is 80.2 cm³/mol. The quantitative estimate of drug-likeness (QED) is 0.848. The number of hydrogen-bond acceptors (Lipinski definition) is 4. The predicted octanol–water partition coefficient (Wildman–Crippen LogP) is 1.29. The van der Waals surface area contributed by atoms with Gasteiger partial charge in [0.15, 0.2) is 0 Å². The van der Waals surface area contributed by atoms with E-state index in [1.165, 1.54) is 4.31 Å². The Labute approximate surface area is 124 Å². The maximum Gasteiger partial charge on any atom is 0.243 e. The van der Waals surface area contributed by atoms with Crippen LogP contribution in [0.25, 0.3) is 0 Å². The average Bonchev–Trinajstić information content (AvgIpc) is 2.89.